The van der Waals surface area contributed by atoms with E-state index in [1.165, 1.54) is 16.8 Å². The van der Waals surface area contributed by atoms with Gasteiger partial charge in [0.2, 0.25) is 11.1 Å². The largest absolute Gasteiger partial charge is 0.479 e. The number of para-hydroxylation sites is 2. The molecule has 1 atom stereocenters. The molecule has 136 valence electrons. The number of ether oxygens (including phenoxy) is 1. The second-order valence-electron chi connectivity index (χ2n) is 5.56. The van der Waals surface area contributed by atoms with Gasteiger partial charge >= 0.3 is 0 Å². The highest BCUT2D eigenvalue weighted by Crippen LogP contribution is 2.31. The number of benzene rings is 2. The van der Waals surface area contributed by atoms with E-state index in [1.54, 1.807) is 4.68 Å². The van der Waals surface area contributed by atoms with Crippen LogP contribution in [0.25, 0.3) is 5.69 Å². The zero-order chi connectivity index (χ0) is 18.6. The van der Waals surface area contributed by atoms with Gasteiger partial charge in [0.1, 0.15) is 0 Å². The van der Waals surface area contributed by atoms with Crippen molar-refractivity contribution in [3.8, 4) is 5.69 Å². The van der Waals surface area contributed by atoms with Gasteiger partial charge in [0.25, 0.3) is 5.91 Å². The topological polar surface area (TPSA) is 85.5 Å². The Morgan fingerprint density at radius 3 is 2.37 bits per heavy atom. The molecule has 1 aromatic heterocycles. The van der Waals surface area contributed by atoms with E-state index in [0.717, 1.165) is 5.69 Å². The van der Waals surface area contributed by atoms with Crippen LogP contribution >= 0.6 is 11.8 Å². The van der Waals surface area contributed by atoms with E-state index in [1.807, 2.05) is 67.6 Å². The summed E-state index contributed by atoms with van der Waals surface area (Å²) < 4.78 is 7.21. The Morgan fingerprint density at radius 1 is 1.04 bits per heavy atom. The number of hydrogen-bond donors (Lipinski definition) is 0. The van der Waals surface area contributed by atoms with Gasteiger partial charge in [-0.25, -0.2) is 0 Å². The molecule has 0 N–H and O–H groups in total. The Balaban J connectivity index is 1.63. The molecular formula is C18H16N6O2S. The molecule has 0 radical (unpaired) electrons. The zero-order valence-electron chi connectivity index (χ0n) is 14.5. The van der Waals surface area contributed by atoms with Gasteiger partial charge in [0.05, 0.1) is 18.0 Å². The van der Waals surface area contributed by atoms with Crippen molar-refractivity contribution in [2.75, 3.05) is 11.6 Å². The van der Waals surface area contributed by atoms with Gasteiger partial charge < -0.3 is 4.74 Å². The van der Waals surface area contributed by atoms with E-state index in [0.29, 0.717) is 23.3 Å². The number of hydrazone groups is 1. The van der Waals surface area contributed by atoms with Crippen LogP contribution in [0, 0.1) is 0 Å². The van der Waals surface area contributed by atoms with Crippen molar-refractivity contribution >= 4 is 29.3 Å². The molecule has 1 aliphatic rings. The molecule has 2 heterocycles. The number of amides is 1. The van der Waals surface area contributed by atoms with Crippen molar-refractivity contribution in [2.24, 2.45) is 5.10 Å². The summed E-state index contributed by atoms with van der Waals surface area (Å²) in [5.41, 5.74) is 1.50. The van der Waals surface area contributed by atoms with Crippen molar-refractivity contribution in [1.29, 1.82) is 0 Å². The highest BCUT2D eigenvalue weighted by molar-refractivity contribution is 8.01. The van der Waals surface area contributed by atoms with E-state index in [9.17, 15) is 4.79 Å². The smallest absolute Gasteiger partial charge is 0.270 e. The molecule has 2 aromatic carbocycles. The molecule has 3 aromatic rings. The molecule has 8 nitrogen and oxygen atoms in total. The van der Waals surface area contributed by atoms with Crippen LogP contribution in [0.3, 0.4) is 0 Å². The Bertz CT molecular complexity index is 960. The molecule has 0 fully saturated rings. The van der Waals surface area contributed by atoms with Crippen LogP contribution in [0.4, 0.5) is 5.69 Å². The number of anilines is 1. The molecule has 1 unspecified atom stereocenters. The van der Waals surface area contributed by atoms with E-state index < -0.39 is 5.25 Å². The van der Waals surface area contributed by atoms with E-state index >= 15 is 0 Å². The maximum atomic E-state index is 13.0. The fraction of sp³-hybridized carbons (Fsp3) is 0.167. The van der Waals surface area contributed by atoms with Gasteiger partial charge in [-0.1, -0.05) is 48.2 Å². The maximum absolute atomic E-state index is 13.0. The molecule has 0 saturated carbocycles. The minimum atomic E-state index is -0.654. The lowest BCUT2D eigenvalue weighted by Crippen LogP contribution is -2.30. The summed E-state index contributed by atoms with van der Waals surface area (Å²) in [6.07, 6.45) is 0. The molecule has 27 heavy (non-hydrogen) atoms. The Morgan fingerprint density at radius 2 is 1.70 bits per heavy atom. The minimum Gasteiger partial charge on any atom is -0.479 e. The van der Waals surface area contributed by atoms with Gasteiger partial charge in [-0.15, -0.1) is 10.2 Å². The third-order valence-electron chi connectivity index (χ3n) is 3.81. The van der Waals surface area contributed by atoms with Gasteiger partial charge in [0, 0.05) is 0 Å². The first kappa shape index (κ1) is 17.2. The van der Waals surface area contributed by atoms with Gasteiger partial charge in [0.15, 0.2) is 5.25 Å². The van der Waals surface area contributed by atoms with Gasteiger partial charge in [-0.3, -0.25) is 4.79 Å². The minimum absolute atomic E-state index is 0.197. The number of nitrogens with zero attached hydrogens (tertiary/aromatic N) is 6. The number of carbonyl (C=O) groups is 1. The number of carbonyl (C=O) groups excluding carboxylic acids is 1. The molecule has 4 rings (SSSR count). The fourth-order valence-corrected chi connectivity index (χ4v) is 3.57. The first-order valence-corrected chi connectivity index (χ1v) is 9.26. The van der Waals surface area contributed by atoms with Crippen LogP contribution in [0.2, 0.25) is 0 Å². The second-order valence-corrected chi connectivity index (χ2v) is 6.64. The summed E-state index contributed by atoms with van der Waals surface area (Å²) in [5, 5.41) is 17.4. The molecule has 0 aliphatic carbocycles. The van der Waals surface area contributed by atoms with Crippen LogP contribution in [-0.4, -0.2) is 43.9 Å². The SMILES string of the molecule is CCOC1=NN(c2ccccc2)C(=O)C1Sc1nnnn1-c1ccccc1. The average Bonchev–Trinajstić information content (AvgIpc) is 3.30. The first-order chi connectivity index (χ1) is 13.3. The van der Waals surface area contributed by atoms with Crippen molar-refractivity contribution in [2.45, 2.75) is 17.3 Å². The van der Waals surface area contributed by atoms with Crippen LogP contribution in [0.1, 0.15) is 6.92 Å². The summed E-state index contributed by atoms with van der Waals surface area (Å²) in [4.78, 5) is 13.0. The predicted molar refractivity (Wildman–Crippen MR) is 102 cm³/mol. The quantitative estimate of drug-likeness (QED) is 0.676. The average molecular weight is 380 g/mol. The van der Waals surface area contributed by atoms with E-state index in [2.05, 4.69) is 20.6 Å². The monoisotopic (exact) mass is 380 g/mol. The number of tetrazole rings is 1. The van der Waals surface area contributed by atoms with Crippen LogP contribution in [0.5, 0.6) is 0 Å². The first-order valence-electron chi connectivity index (χ1n) is 8.38. The number of hydrogen-bond acceptors (Lipinski definition) is 7. The number of aromatic nitrogens is 4. The third kappa shape index (κ3) is 3.41. The fourth-order valence-electron chi connectivity index (χ4n) is 2.61. The molecular weight excluding hydrogens is 364 g/mol. The Labute approximate surface area is 159 Å². The predicted octanol–water partition coefficient (Wildman–Crippen LogP) is 2.52. The molecule has 0 spiro atoms. The van der Waals surface area contributed by atoms with Crippen molar-refractivity contribution in [1.82, 2.24) is 20.2 Å². The summed E-state index contributed by atoms with van der Waals surface area (Å²) in [6.45, 7) is 2.27. The lowest BCUT2D eigenvalue weighted by molar-refractivity contribution is -0.116. The maximum Gasteiger partial charge on any atom is 0.270 e. The second kappa shape index (κ2) is 7.58. The van der Waals surface area contributed by atoms with Gasteiger partial charge in [-0.05, 0) is 41.6 Å². The Kier molecular flexibility index (Phi) is 4.84. The van der Waals surface area contributed by atoms with Crippen LogP contribution in [-0.2, 0) is 9.53 Å². The lowest BCUT2D eigenvalue weighted by Gasteiger charge is -2.13. The number of rotatable bonds is 5. The van der Waals surface area contributed by atoms with Crippen molar-refractivity contribution in [3.63, 3.8) is 0 Å². The highest BCUT2D eigenvalue weighted by atomic mass is 32.2. The number of thioether (sulfide) groups is 1. The van der Waals surface area contributed by atoms with Crippen LogP contribution < -0.4 is 5.01 Å². The summed E-state index contributed by atoms with van der Waals surface area (Å²) in [6, 6.07) is 18.8. The zero-order valence-corrected chi connectivity index (χ0v) is 15.3. The summed E-state index contributed by atoms with van der Waals surface area (Å²) in [7, 11) is 0. The normalized spacial score (nSPS) is 16.5. The third-order valence-corrected chi connectivity index (χ3v) is 4.92. The standard InChI is InChI=1S/C18H16N6O2S/c1-2-26-16-15(17(25)23(20-16)13-9-5-3-6-10-13)27-18-19-21-22-24(18)14-11-7-4-8-12-14/h3-12,15H,2H2,1H3. The van der Waals surface area contributed by atoms with Crippen molar-refractivity contribution < 1.29 is 9.53 Å². The van der Waals surface area contributed by atoms with Crippen LogP contribution in [0.15, 0.2) is 70.9 Å². The highest BCUT2D eigenvalue weighted by Gasteiger charge is 2.40. The lowest BCUT2D eigenvalue weighted by atomic mass is 10.3. The molecule has 1 amide bonds. The van der Waals surface area contributed by atoms with E-state index in [-0.39, 0.29) is 5.91 Å². The molecule has 0 saturated heterocycles. The summed E-state index contributed by atoms with van der Waals surface area (Å²) in [5.74, 6) is 0.149. The molecule has 1 aliphatic heterocycles. The molecule has 0 bridgehead atoms. The summed E-state index contributed by atoms with van der Waals surface area (Å²) >= 11 is 1.21. The van der Waals surface area contributed by atoms with E-state index in [4.69, 9.17) is 4.74 Å². The van der Waals surface area contributed by atoms with Gasteiger partial charge in [-0.2, -0.15) is 9.69 Å². The molecule has 9 heteroatoms. The Hall–Kier alpha value is -3.20. The van der Waals surface area contributed by atoms with Crippen molar-refractivity contribution in [3.05, 3.63) is 60.7 Å².